The van der Waals surface area contributed by atoms with Crippen molar-refractivity contribution < 1.29 is 4.79 Å². The Kier molecular flexibility index (Phi) is 4.42. The second kappa shape index (κ2) is 6.05. The Morgan fingerprint density at radius 2 is 2.06 bits per heavy atom. The largest absolute Gasteiger partial charge is 0.304 e. The summed E-state index contributed by atoms with van der Waals surface area (Å²) in [4.78, 5) is 15.8. The highest BCUT2D eigenvalue weighted by molar-refractivity contribution is 8.15. The van der Waals surface area contributed by atoms with Crippen LogP contribution in [0.4, 0.5) is 5.69 Å². The average molecular weight is 262 g/mol. The van der Waals surface area contributed by atoms with Gasteiger partial charge in [0.2, 0.25) is 5.91 Å². The lowest BCUT2D eigenvalue weighted by molar-refractivity contribution is -0.118. The van der Waals surface area contributed by atoms with E-state index in [9.17, 15) is 4.79 Å². The molecule has 96 valence electrons. The lowest BCUT2D eigenvalue weighted by Crippen LogP contribution is -2.23. The second-order valence-electron chi connectivity index (χ2n) is 4.44. The Balaban J connectivity index is 2.02. The van der Waals surface area contributed by atoms with Gasteiger partial charge in [-0.2, -0.15) is 0 Å². The first-order valence-corrected chi connectivity index (χ1v) is 7.22. The highest BCUT2D eigenvalue weighted by Crippen LogP contribution is 2.22. The van der Waals surface area contributed by atoms with E-state index in [1.807, 2.05) is 19.1 Å². The zero-order valence-corrected chi connectivity index (χ0v) is 11.6. The molecule has 1 N–H and O–H groups in total. The van der Waals surface area contributed by atoms with Crippen LogP contribution in [0.1, 0.15) is 32.3 Å². The van der Waals surface area contributed by atoms with Gasteiger partial charge >= 0.3 is 0 Å². The van der Waals surface area contributed by atoms with Gasteiger partial charge in [-0.25, -0.2) is 4.99 Å². The molecule has 1 atom stereocenters. The van der Waals surface area contributed by atoms with Crippen LogP contribution in [-0.4, -0.2) is 16.3 Å². The highest BCUT2D eigenvalue weighted by atomic mass is 32.2. The molecule has 0 radical (unpaired) electrons. The average Bonchev–Trinajstić information content (AvgIpc) is 2.67. The molecule has 0 bridgehead atoms. The van der Waals surface area contributed by atoms with Gasteiger partial charge in [0.15, 0.2) is 5.17 Å². The van der Waals surface area contributed by atoms with Gasteiger partial charge in [0.1, 0.15) is 0 Å². The zero-order chi connectivity index (χ0) is 13.0. The summed E-state index contributed by atoms with van der Waals surface area (Å²) in [5, 5.41) is 3.44. The van der Waals surface area contributed by atoms with E-state index in [2.05, 4.69) is 29.4 Å². The van der Waals surface area contributed by atoms with Crippen molar-refractivity contribution in [3.05, 3.63) is 29.8 Å². The van der Waals surface area contributed by atoms with E-state index >= 15 is 0 Å². The molecule has 2 rings (SSSR count). The van der Waals surface area contributed by atoms with Gasteiger partial charge in [0.25, 0.3) is 0 Å². The first kappa shape index (κ1) is 13.1. The van der Waals surface area contributed by atoms with Gasteiger partial charge in [-0.05, 0) is 37.5 Å². The quantitative estimate of drug-likeness (QED) is 0.904. The molecule has 4 heteroatoms. The number of nitrogens with zero attached hydrogens (tertiary/aromatic N) is 1. The number of benzene rings is 1. The zero-order valence-electron chi connectivity index (χ0n) is 10.8. The maximum Gasteiger partial charge on any atom is 0.239 e. The van der Waals surface area contributed by atoms with E-state index in [1.165, 1.54) is 30.2 Å². The molecule has 1 aliphatic rings. The minimum atomic E-state index is -0.0347. The van der Waals surface area contributed by atoms with Crippen LogP contribution in [0, 0.1) is 0 Å². The predicted octanol–water partition coefficient (Wildman–Crippen LogP) is 3.27. The summed E-state index contributed by atoms with van der Waals surface area (Å²) in [6.45, 7) is 4.08. The van der Waals surface area contributed by atoms with Crippen molar-refractivity contribution in [3.63, 3.8) is 0 Å². The SMILES string of the molecule is CCCCc1ccc(N=C2NC(=O)[C@@H](C)S2)cc1. The lowest BCUT2D eigenvalue weighted by atomic mass is 10.1. The van der Waals surface area contributed by atoms with Crippen molar-refractivity contribution in [2.75, 3.05) is 0 Å². The third-order valence-electron chi connectivity index (χ3n) is 2.87. The molecule has 0 aliphatic carbocycles. The molecule has 1 heterocycles. The van der Waals surface area contributed by atoms with Crippen LogP contribution in [0.15, 0.2) is 29.3 Å². The monoisotopic (exact) mass is 262 g/mol. The van der Waals surface area contributed by atoms with Gasteiger partial charge in [-0.3, -0.25) is 4.79 Å². The number of carbonyl (C=O) groups excluding carboxylic acids is 1. The number of nitrogens with one attached hydrogen (secondary N) is 1. The van der Waals surface area contributed by atoms with Gasteiger partial charge < -0.3 is 5.32 Å². The van der Waals surface area contributed by atoms with E-state index in [-0.39, 0.29) is 11.2 Å². The Morgan fingerprint density at radius 3 is 2.61 bits per heavy atom. The molecule has 0 aromatic heterocycles. The second-order valence-corrected chi connectivity index (χ2v) is 5.77. The minimum absolute atomic E-state index is 0.0347. The summed E-state index contributed by atoms with van der Waals surface area (Å²) in [6.07, 6.45) is 3.55. The van der Waals surface area contributed by atoms with Crippen LogP contribution in [0.3, 0.4) is 0 Å². The molecule has 1 amide bonds. The lowest BCUT2D eigenvalue weighted by Gasteiger charge is -2.01. The molecule has 0 saturated carbocycles. The Labute approximate surface area is 112 Å². The van der Waals surface area contributed by atoms with E-state index in [0.29, 0.717) is 5.17 Å². The maximum absolute atomic E-state index is 11.3. The number of rotatable bonds is 4. The highest BCUT2D eigenvalue weighted by Gasteiger charge is 2.25. The van der Waals surface area contributed by atoms with E-state index in [1.54, 1.807) is 0 Å². The molecule has 1 aromatic rings. The normalized spacial score (nSPS) is 21.3. The first-order valence-electron chi connectivity index (χ1n) is 6.34. The van der Waals surface area contributed by atoms with Crippen LogP contribution in [0.25, 0.3) is 0 Å². The van der Waals surface area contributed by atoms with Gasteiger partial charge in [0, 0.05) is 0 Å². The summed E-state index contributed by atoms with van der Waals surface area (Å²) < 4.78 is 0. The van der Waals surface area contributed by atoms with Gasteiger partial charge in [-0.15, -0.1) is 0 Å². The van der Waals surface area contributed by atoms with Crippen molar-refractivity contribution in [2.24, 2.45) is 4.99 Å². The van der Waals surface area contributed by atoms with Crippen molar-refractivity contribution >= 4 is 28.5 Å². The standard InChI is InChI=1S/C14H18N2OS/c1-3-4-5-11-6-8-12(9-7-11)15-14-16-13(17)10(2)18-14/h6-10H,3-5H2,1-2H3,(H,15,16,17)/t10-/m1/s1. The fourth-order valence-corrected chi connectivity index (χ4v) is 2.57. The van der Waals surface area contributed by atoms with Crippen LogP contribution < -0.4 is 5.32 Å². The number of thioether (sulfide) groups is 1. The van der Waals surface area contributed by atoms with Crippen LogP contribution >= 0.6 is 11.8 Å². The van der Waals surface area contributed by atoms with Crippen molar-refractivity contribution in [1.82, 2.24) is 5.32 Å². The van der Waals surface area contributed by atoms with E-state index in [0.717, 1.165) is 12.1 Å². The summed E-state index contributed by atoms with van der Waals surface area (Å²) in [5.41, 5.74) is 2.24. The van der Waals surface area contributed by atoms with Crippen molar-refractivity contribution in [1.29, 1.82) is 0 Å². The maximum atomic E-state index is 11.3. The van der Waals surface area contributed by atoms with E-state index in [4.69, 9.17) is 0 Å². The summed E-state index contributed by atoms with van der Waals surface area (Å²) >= 11 is 1.48. The molecule has 1 saturated heterocycles. The molecular weight excluding hydrogens is 244 g/mol. The smallest absolute Gasteiger partial charge is 0.239 e. The number of unbranched alkanes of at least 4 members (excludes halogenated alkanes) is 1. The molecule has 1 aliphatic heterocycles. The third kappa shape index (κ3) is 3.35. The fourth-order valence-electron chi connectivity index (χ4n) is 1.75. The van der Waals surface area contributed by atoms with Crippen LogP contribution in [-0.2, 0) is 11.2 Å². The van der Waals surface area contributed by atoms with Crippen LogP contribution in [0.2, 0.25) is 0 Å². The van der Waals surface area contributed by atoms with E-state index < -0.39 is 0 Å². The molecule has 0 unspecified atom stereocenters. The van der Waals surface area contributed by atoms with Crippen molar-refractivity contribution in [2.45, 2.75) is 38.4 Å². The molecule has 0 spiro atoms. The van der Waals surface area contributed by atoms with Gasteiger partial charge in [0.05, 0.1) is 10.9 Å². The molecule has 18 heavy (non-hydrogen) atoms. The summed E-state index contributed by atoms with van der Waals surface area (Å²) in [7, 11) is 0. The summed E-state index contributed by atoms with van der Waals surface area (Å²) in [5.74, 6) is 0.0401. The Morgan fingerprint density at radius 1 is 1.33 bits per heavy atom. The number of carbonyl (C=O) groups is 1. The molecule has 1 fully saturated rings. The number of hydrogen-bond acceptors (Lipinski definition) is 3. The Bertz CT molecular complexity index is 453. The molecule has 1 aromatic carbocycles. The molecule has 3 nitrogen and oxygen atoms in total. The fraction of sp³-hybridized carbons (Fsp3) is 0.429. The first-order chi connectivity index (χ1) is 8.69. The third-order valence-corrected chi connectivity index (χ3v) is 3.86. The van der Waals surface area contributed by atoms with Crippen molar-refractivity contribution in [3.8, 4) is 0 Å². The number of amidine groups is 1. The minimum Gasteiger partial charge on any atom is -0.304 e. The predicted molar refractivity (Wildman–Crippen MR) is 77.3 cm³/mol. The van der Waals surface area contributed by atoms with Crippen LogP contribution in [0.5, 0.6) is 0 Å². The van der Waals surface area contributed by atoms with Gasteiger partial charge in [-0.1, -0.05) is 37.2 Å². The number of aryl methyl sites for hydroxylation is 1. The Hall–Kier alpha value is -1.29. The number of aliphatic imine (C=N–C) groups is 1. The molecular formula is C14H18N2OS. The summed E-state index contributed by atoms with van der Waals surface area (Å²) in [6, 6.07) is 8.24. The number of amides is 1. The topological polar surface area (TPSA) is 41.5 Å². The number of hydrogen-bond donors (Lipinski definition) is 1.